The van der Waals surface area contributed by atoms with Gasteiger partial charge in [-0.2, -0.15) is 0 Å². The summed E-state index contributed by atoms with van der Waals surface area (Å²) in [5, 5.41) is 5.16. The Balaban J connectivity index is 1.20. The summed E-state index contributed by atoms with van der Waals surface area (Å²) < 4.78 is 48.4. The Kier molecular flexibility index (Phi) is 10.3. The number of thiophene rings is 1. The second kappa shape index (κ2) is 14.9. The maximum absolute atomic E-state index is 14.6. The lowest BCUT2D eigenvalue weighted by Gasteiger charge is -2.23. The summed E-state index contributed by atoms with van der Waals surface area (Å²) in [6, 6.07) is 18.8. The largest absolute Gasteiger partial charge is 0.380 e. The first-order chi connectivity index (χ1) is 24.1. The maximum Gasteiger partial charge on any atom is 0.265 e. The molecule has 2 aromatic heterocycles. The van der Waals surface area contributed by atoms with Gasteiger partial charge in [0.1, 0.15) is 29.0 Å². The number of likely N-dealkylation sites (N-methyl/N-ethyl adjacent to an activating group) is 1. The van der Waals surface area contributed by atoms with Crippen LogP contribution in [0.2, 0.25) is 0 Å². The summed E-state index contributed by atoms with van der Waals surface area (Å²) >= 11 is 1.09. The predicted molar refractivity (Wildman–Crippen MR) is 188 cm³/mol. The van der Waals surface area contributed by atoms with E-state index >= 15 is 0 Å². The van der Waals surface area contributed by atoms with Crippen molar-refractivity contribution in [3.8, 4) is 10.4 Å². The van der Waals surface area contributed by atoms with Crippen LogP contribution < -0.4 is 20.4 Å². The van der Waals surface area contributed by atoms with Gasteiger partial charge in [-0.1, -0.05) is 6.07 Å². The minimum absolute atomic E-state index is 0.168. The molecule has 0 aliphatic carbocycles. The number of ether oxygens (including phenoxy) is 1. The molecule has 0 saturated heterocycles. The number of carbonyl (C=O) groups is 3. The number of hydrogen-bond donors (Lipinski definition) is 2. The standard InChI is InChI=1S/C37H32F3N5O4S/c1-3-49-19-18-44(2)34-27(6-5-16-41-34)35(46)42-25-12-9-22(10-13-25)37(48)45-17-15-23-20-31(36(47)43-32-28(39)7-4-8-29(32)40)50-33(23)26-14-11-24(38)21-30(26)45/h4-14,16,20-21H,3,15,17-19H2,1-2H3,(H,42,46)(H,43,47). The van der Waals surface area contributed by atoms with E-state index in [-0.39, 0.29) is 23.2 Å². The number of fused-ring (bicyclic) bond motifs is 3. The van der Waals surface area contributed by atoms with Crippen LogP contribution in [-0.2, 0) is 11.2 Å². The summed E-state index contributed by atoms with van der Waals surface area (Å²) in [6.07, 6.45) is 1.94. The zero-order chi connectivity index (χ0) is 35.4. The number of anilines is 4. The normalized spacial score (nSPS) is 12.1. The highest BCUT2D eigenvalue weighted by atomic mass is 32.1. The van der Waals surface area contributed by atoms with Crippen molar-refractivity contribution in [2.24, 2.45) is 0 Å². The number of aromatic nitrogens is 1. The Bertz CT molecular complexity index is 2050. The maximum atomic E-state index is 14.6. The molecule has 0 spiro atoms. The Morgan fingerprint density at radius 2 is 1.70 bits per heavy atom. The molecule has 3 amide bonds. The second-order valence-corrected chi connectivity index (χ2v) is 12.5. The highest BCUT2D eigenvalue weighted by Crippen LogP contribution is 2.42. The lowest BCUT2D eigenvalue weighted by Crippen LogP contribution is -2.32. The fourth-order valence-corrected chi connectivity index (χ4v) is 6.75. The Morgan fingerprint density at radius 1 is 0.940 bits per heavy atom. The molecule has 256 valence electrons. The first-order valence-corrected chi connectivity index (χ1v) is 16.6. The molecule has 5 aromatic rings. The zero-order valence-corrected chi connectivity index (χ0v) is 28.0. The Morgan fingerprint density at radius 3 is 2.44 bits per heavy atom. The van der Waals surface area contributed by atoms with Gasteiger partial charge in [-0.25, -0.2) is 18.2 Å². The summed E-state index contributed by atoms with van der Waals surface area (Å²) in [6.45, 7) is 3.70. The third-order valence-corrected chi connectivity index (χ3v) is 9.35. The van der Waals surface area contributed by atoms with E-state index in [0.29, 0.717) is 64.9 Å². The van der Waals surface area contributed by atoms with Gasteiger partial charge >= 0.3 is 0 Å². The second-order valence-electron chi connectivity index (χ2n) is 11.4. The lowest BCUT2D eigenvalue weighted by atomic mass is 10.1. The number of nitrogens with one attached hydrogen (secondary N) is 2. The van der Waals surface area contributed by atoms with Crippen LogP contribution in [0.1, 0.15) is 42.9 Å². The molecular weight excluding hydrogens is 667 g/mol. The van der Waals surface area contributed by atoms with Gasteiger partial charge in [-0.05, 0) is 91.7 Å². The predicted octanol–water partition coefficient (Wildman–Crippen LogP) is 7.41. The van der Waals surface area contributed by atoms with Gasteiger partial charge in [0, 0.05) is 54.6 Å². The highest BCUT2D eigenvalue weighted by Gasteiger charge is 2.29. The topological polar surface area (TPSA) is 104 Å². The number of halogens is 3. The monoisotopic (exact) mass is 699 g/mol. The van der Waals surface area contributed by atoms with Gasteiger partial charge in [0.05, 0.1) is 22.7 Å². The van der Waals surface area contributed by atoms with Gasteiger partial charge < -0.3 is 25.2 Å². The molecule has 1 aliphatic heterocycles. The molecule has 0 bridgehead atoms. The van der Waals surface area contributed by atoms with Crippen molar-refractivity contribution in [1.29, 1.82) is 0 Å². The van der Waals surface area contributed by atoms with E-state index in [2.05, 4.69) is 15.6 Å². The van der Waals surface area contributed by atoms with Crippen molar-refractivity contribution in [2.45, 2.75) is 13.3 Å². The number of nitrogens with zero attached hydrogens (tertiary/aromatic N) is 3. The molecule has 2 N–H and O–H groups in total. The van der Waals surface area contributed by atoms with Crippen LogP contribution in [0.15, 0.2) is 85.1 Å². The van der Waals surface area contributed by atoms with Gasteiger partial charge in [-0.15, -0.1) is 11.3 Å². The van der Waals surface area contributed by atoms with Gasteiger partial charge in [0.2, 0.25) is 0 Å². The van der Waals surface area contributed by atoms with E-state index in [1.807, 2.05) is 18.9 Å². The van der Waals surface area contributed by atoms with E-state index in [0.717, 1.165) is 29.0 Å². The van der Waals surface area contributed by atoms with Crippen LogP contribution in [0.3, 0.4) is 0 Å². The lowest BCUT2D eigenvalue weighted by molar-refractivity contribution is 0.0985. The average Bonchev–Trinajstić information content (AvgIpc) is 3.48. The molecule has 9 nitrogen and oxygen atoms in total. The summed E-state index contributed by atoms with van der Waals surface area (Å²) in [7, 11) is 1.83. The molecule has 0 fully saturated rings. The summed E-state index contributed by atoms with van der Waals surface area (Å²) in [5.74, 6) is -3.30. The fraction of sp³-hybridized carbons (Fsp3) is 0.189. The molecule has 3 heterocycles. The summed E-state index contributed by atoms with van der Waals surface area (Å²) in [4.78, 5) is 48.7. The van der Waals surface area contributed by atoms with Gasteiger partial charge in [0.15, 0.2) is 0 Å². The summed E-state index contributed by atoms with van der Waals surface area (Å²) in [5.41, 5.74) is 2.19. The molecule has 0 atom stereocenters. The molecule has 3 aromatic carbocycles. The van der Waals surface area contributed by atoms with E-state index < -0.39 is 29.0 Å². The molecule has 50 heavy (non-hydrogen) atoms. The van der Waals surface area contributed by atoms with Crippen molar-refractivity contribution >= 4 is 51.9 Å². The van der Waals surface area contributed by atoms with Crippen molar-refractivity contribution in [3.63, 3.8) is 0 Å². The van der Waals surface area contributed by atoms with E-state index in [4.69, 9.17) is 4.74 Å². The van der Waals surface area contributed by atoms with Gasteiger partial charge in [0.25, 0.3) is 17.7 Å². The van der Waals surface area contributed by atoms with E-state index in [9.17, 15) is 27.6 Å². The van der Waals surface area contributed by atoms with Gasteiger partial charge in [-0.3, -0.25) is 14.4 Å². The third kappa shape index (κ3) is 7.24. The zero-order valence-electron chi connectivity index (χ0n) is 27.1. The van der Waals surface area contributed by atoms with Crippen LogP contribution in [0.25, 0.3) is 10.4 Å². The molecule has 6 rings (SSSR count). The van der Waals surface area contributed by atoms with Crippen LogP contribution >= 0.6 is 11.3 Å². The van der Waals surface area contributed by atoms with E-state index in [1.54, 1.807) is 54.7 Å². The number of rotatable bonds is 10. The Labute approximate surface area is 290 Å². The first-order valence-electron chi connectivity index (χ1n) is 15.8. The van der Waals surface area contributed by atoms with Crippen molar-refractivity contribution in [1.82, 2.24) is 4.98 Å². The number of benzene rings is 3. The quantitative estimate of drug-likeness (QED) is 0.147. The fourth-order valence-electron chi connectivity index (χ4n) is 5.61. The van der Waals surface area contributed by atoms with Crippen molar-refractivity contribution in [2.75, 3.05) is 53.8 Å². The highest BCUT2D eigenvalue weighted by molar-refractivity contribution is 7.17. The molecule has 0 radical (unpaired) electrons. The minimum atomic E-state index is -0.901. The molecule has 13 heteroatoms. The third-order valence-electron chi connectivity index (χ3n) is 8.14. The molecule has 0 saturated carbocycles. The number of carbonyl (C=O) groups excluding carboxylic acids is 3. The number of pyridine rings is 1. The van der Waals surface area contributed by atoms with Crippen molar-refractivity contribution in [3.05, 3.63) is 124 Å². The molecule has 1 aliphatic rings. The van der Waals surface area contributed by atoms with E-state index in [1.165, 1.54) is 23.1 Å². The minimum Gasteiger partial charge on any atom is -0.380 e. The molecule has 0 unspecified atom stereocenters. The number of amides is 3. The Hall–Kier alpha value is -5.53. The van der Waals surface area contributed by atoms with Crippen LogP contribution in [0, 0.1) is 17.5 Å². The number of hydrogen-bond acceptors (Lipinski definition) is 7. The first kappa shape index (κ1) is 34.3. The number of para-hydroxylation sites is 1. The smallest absolute Gasteiger partial charge is 0.265 e. The SMILES string of the molecule is CCOCCN(C)c1ncccc1C(=O)Nc1ccc(C(=O)N2CCc3cc(C(=O)Nc4c(F)cccc4F)sc3-c3ccc(F)cc32)cc1. The average molecular weight is 700 g/mol. The van der Waals surface area contributed by atoms with Crippen LogP contribution in [0.5, 0.6) is 0 Å². The van der Waals surface area contributed by atoms with Crippen molar-refractivity contribution < 1.29 is 32.3 Å². The van der Waals surface area contributed by atoms with Crippen LogP contribution in [0.4, 0.5) is 36.1 Å². The van der Waals surface area contributed by atoms with Crippen LogP contribution in [-0.4, -0.2) is 56.1 Å². The molecular formula is C37H32F3N5O4S.